The van der Waals surface area contributed by atoms with Crippen LogP contribution in [0.15, 0.2) is 23.2 Å². The van der Waals surface area contributed by atoms with Gasteiger partial charge in [-0.15, -0.1) is 0 Å². The van der Waals surface area contributed by atoms with Crippen molar-refractivity contribution in [3.05, 3.63) is 24.0 Å². The highest BCUT2D eigenvalue weighted by Crippen LogP contribution is 2.21. The van der Waals surface area contributed by atoms with Gasteiger partial charge in [0, 0.05) is 38.4 Å². The first kappa shape index (κ1) is 15.4. The van der Waals surface area contributed by atoms with E-state index in [0.29, 0.717) is 18.8 Å². The number of hydrogen-bond donors (Lipinski definition) is 1. The summed E-state index contributed by atoms with van der Waals surface area (Å²) >= 11 is 0. The lowest BCUT2D eigenvalue weighted by atomic mass is 10.2. The van der Waals surface area contributed by atoms with Gasteiger partial charge in [0.15, 0.2) is 0 Å². The maximum Gasteiger partial charge on any atom is 0.245 e. The van der Waals surface area contributed by atoms with Crippen molar-refractivity contribution < 1.29 is 8.42 Å². The fourth-order valence-corrected chi connectivity index (χ4v) is 4.30. The predicted octanol–water partition coefficient (Wildman–Crippen LogP) is 0.255. The number of rotatable bonds is 4. The van der Waals surface area contributed by atoms with Crippen LogP contribution < -0.4 is 5.73 Å². The zero-order valence-electron chi connectivity index (χ0n) is 12.0. The second-order valence-corrected chi connectivity index (χ2v) is 6.90. The lowest BCUT2D eigenvalue weighted by Gasteiger charge is -2.38. The van der Waals surface area contributed by atoms with E-state index in [0.717, 1.165) is 13.1 Å². The molecule has 1 fully saturated rings. The zero-order valence-corrected chi connectivity index (χ0v) is 12.8. The Morgan fingerprint density at radius 2 is 2.20 bits per heavy atom. The first-order chi connectivity index (χ1) is 9.50. The molecule has 2 rings (SSSR count). The summed E-state index contributed by atoms with van der Waals surface area (Å²) in [5.74, 6) is 0. The zero-order chi connectivity index (χ0) is 14.8. The van der Waals surface area contributed by atoms with Crippen molar-refractivity contribution in [2.75, 3.05) is 26.2 Å². The summed E-state index contributed by atoms with van der Waals surface area (Å²) in [6.45, 7) is 6.99. The minimum Gasteiger partial charge on any atom is -0.325 e. The number of likely N-dealkylation sites (N-methyl/N-ethyl adjacent to an activating group) is 1. The van der Waals surface area contributed by atoms with E-state index in [4.69, 9.17) is 5.73 Å². The quantitative estimate of drug-likeness (QED) is 0.862. The van der Waals surface area contributed by atoms with Crippen molar-refractivity contribution in [1.29, 1.82) is 0 Å². The van der Waals surface area contributed by atoms with Crippen molar-refractivity contribution in [1.82, 2.24) is 14.2 Å². The molecule has 0 radical (unpaired) electrons. The van der Waals surface area contributed by atoms with Crippen LogP contribution in [0.2, 0.25) is 0 Å². The van der Waals surface area contributed by atoms with Crippen molar-refractivity contribution in [3.63, 3.8) is 0 Å². The minimum absolute atomic E-state index is 0.125. The number of piperazine rings is 1. The van der Waals surface area contributed by atoms with Gasteiger partial charge in [0.25, 0.3) is 0 Å². The molecule has 1 aliphatic heterocycles. The van der Waals surface area contributed by atoms with Crippen LogP contribution in [0.3, 0.4) is 0 Å². The van der Waals surface area contributed by atoms with Gasteiger partial charge in [-0.1, -0.05) is 6.92 Å². The van der Waals surface area contributed by atoms with Crippen LogP contribution in [-0.4, -0.2) is 54.8 Å². The third kappa shape index (κ3) is 2.85. The van der Waals surface area contributed by atoms with Crippen LogP contribution in [0.25, 0.3) is 0 Å². The van der Waals surface area contributed by atoms with Crippen molar-refractivity contribution >= 4 is 10.0 Å². The molecule has 0 spiro atoms. The van der Waals surface area contributed by atoms with Crippen molar-refractivity contribution in [3.8, 4) is 0 Å². The molecule has 2 N–H and O–H groups in total. The highest BCUT2D eigenvalue weighted by Gasteiger charge is 2.32. The summed E-state index contributed by atoms with van der Waals surface area (Å²) in [5, 5.41) is 0. The SMILES string of the molecule is CCN1CCN(S(=O)(=O)c2cccnc2CN)CC1C. The van der Waals surface area contributed by atoms with E-state index in [1.165, 1.54) is 0 Å². The first-order valence-corrected chi connectivity index (χ1v) is 8.32. The lowest BCUT2D eigenvalue weighted by molar-refractivity contribution is 0.135. The summed E-state index contributed by atoms with van der Waals surface area (Å²) < 4.78 is 27.0. The van der Waals surface area contributed by atoms with Gasteiger partial charge < -0.3 is 5.73 Å². The molecule has 1 aliphatic rings. The van der Waals surface area contributed by atoms with Gasteiger partial charge in [0.1, 0.15) is 4.90 Å². The summed E-state index contributed by atoms with van der Waals surface area (Å²) in [5.41, 5.74) is 6.02. The molecule has 0 bridgehead atoms. The number of sulfonamides is 1. The third-order valence-corrected chi connectivity index (χ3v) is 5.73. The average molecular weight is 298 g/mol. The van der Waals surface area contributed by atoms with Gasteiger partial charge in [0.2, 0.25) is 10.0 Å². The lowest BCUT2D eigenvalue weighted by Crippen LogP contribution is -2.53. The van der Waals surface area contributed by atoms with Crippen molar-refractivity contribution in [2.24, 2.45) is 5.73 Å². The topological polar surface area (TPSA) is 79.5 Å². The van der Waals surface area contributed by atoms with E-state index in [2.05, 4.69) is 23.7 Å². The van der Waals surface area contributed by atoms with Crippen LogP contribution in [0.5, 0.6) is 0 Å². The normalized spacial score (nSPS) is 22.1. The maximum atomic E-state index is 12.7. The average Bonchev–Trinajstić information content (AvgIpc) is 2.47. The molecule has 0 saturated carbocycles. The molecule has 7 heteroatoms. The summed E-state index contributed by atoms with van der Waals surface area (Å²) in [6.07, 6.45) is 1.57. The number of nitrogens with zero attached hydrogens (tertiary/aromatic N) is 3. The monoisotopic (exact) mass is 298 g/mol. The largest absolute Gasteiger partial charge is 0.325 e. The van der Waals surface area contributed by atoms with E-state index in [9.17, 15) is 8.42 Å². The van der Waals surface area contributed by atoms with Gasteiger partial charge in [-0.05, 0) is 25.6 Å². The van der Waals surface area contributed by atoms with Gasteiger partial charge in [-0.25, -0.2) is 8.42 Å². The summed E-state index contributed by atoms with van der Waals surface area (Å²) in [4.78, 5) is 6.58. The number of pyridine rings is 1. The maximum absolute atomic E-state index is 12.7. The number of aromatic nitrogens is 1. The Labute approximate surface area is 120 Å². The fourth-order valence-electron chi connectivity index (χ4n) is 2.60. The number of hydrogen-bond acceptors (Lipinski definition) is 5. The molecular weight excluding hydrogens is 276 g/mol. The van der Waals surface area contributed by atoms with Crippen LogP contribution in [0, 0.1) is 0 Å². The van der Waals surface area contributed by atoms with Crippen LogP contribution in [-0.2, 0) is 16.6 Å². The minimum atomic E-state index is -3.51. The standard InChI is InChI=1S/C13H22N4O2S/c1-3-16-7-8-17(10-11(16)2)20(18,19)13-5-4-6-15-12(13)9-14/h4-6,11H,3,7-10,14H2,1-2H3. The van der Waals surface area contributed by atoms with E-state index in [1.807, 2.05) is 0 Å². The van der Waals surface area contributed by atoms with Gasteiger partial charge in [-0.2, -0.15) is 4.31 Å². The van der Waals surface area contributed by atoms with Gasteiger partial charge >= 0.3 is 0 Å². The molecular formula is C13H22N4O2S. The molecule has 2 heterocycles. The summed E-state index contributed by atoms with van der Waals surface area (Å²) in [6, 6.07) is 3.45. The van der Waals surface area contributed by atoms with Gasteiger partial charge in [0.05, 0.1) is 5.69 Å². The Morgan fingerprint density at radius 1 is 1.45 bits per heavy atom. The molecule has 20 heavy (non-hydrogen) atoms. The molecule has 1 atom stereocenters. The Bertz CT molecular complexity index is 561. The van der Waals surface area contributed by atoms with Gasteiger partial charge in [-0.3, -0.25) is 9.88 Å². The molecule has 0 aliphatic carbocycles. The third-order valence-electron chi connectivity index (χ3n) is 3.79. The second kappa shape index (κ2) is 6.17. The van der Waals surface area contributed by atoms with E-state index < -0.39 is 10.0 Å². The Kier molecular flexibility index (Phi) is 4.74. The van der Waals surface area contributed by atoms with E-state index in [1.54, 1.807) is 22.6 Å². The van der Waals surface area contributed by atoms with Crippen LogP contribution in [0.4, 0.5) is 0 Å². The molecule has 0 amide bonds. The molecule has 1 aromatic heterocycles. The first-order valence-electron chi connectivity index (χ1n) is 6.88. The molecule has 0 aromatic carbocycles. The Morgan fingerprint density at radius 3 is 2.80 bits per heavy atom. The molecule has 1 aromatic rings. The fraction of sp³-hybridized carbons (Fsp3) is 0.615. The number of nitrogens with two attached hydrogens (primary N) is 1. The van der Waals surface area contributed by atoms with E-state index in [-0.39, 0.29) is 17.5 Å². The molecule has 1 unspecified atom stereocenters. The smallest absolute Gasteiger partial charge is 0.245 e. The summed E-state index contributed by atoms with van der Waals surface area (Å²) in [7, 11) is -3.51. The van der Waals surface area contributed by atoms with Crippen LogP contribution >= 0.6 is 0 Å². The molecule has 6 nitrogen and oxygen atoms in total. The van der Waals surface area contributed by atoms with Crippen LogP contribution in [0.1, 0.15) is 19.5 Å². The molecule has 112 valence electrons. The highest BCUT2D eigenvalue weighted by atomic mass is 32.2. The Hall–Kier alpha value is -1.02. The molecule has 1 saturated heterocycles. The predicted molar refractivity (Wildman–Crippen MR) is 77.6 cm³/mol. The van der Waals surface area contributed by atoms with Crippen molar-refractivity contribution in [2.45, 2.75) is 31.3 Å². The Balaban J connectivity index is 2.27. The highest BCUT2D eigenvalue weighted by molar-refractivity contribution is 7.89. The second-order valence-electron chi connectivity index (χ2n) is 4.99. The van der Waals surface area contributed by atoms with E-state index >= 15 is 0 Å².